The van der Waals surface area contributed by atoms with Gasteiger partial charge >= 0.3 is 5.97 Å². The van der Waals surface area contributed by atoms with Crippen molar-refractivity contribution in [2.45, 2.75) is 112 Å². The molecule has 4 fully saturated rings. The third-order valence-electron chi connectivity index (χ3n) is 14.6. The lowest BCUT2D eigenvalue weighted by molar-refractivity contribution is -0.217. The van der Waals surface area contributed by atoms with Crippen molar-refractivity contribution < 1.29 is 14.3 Å². The number of hydrogen-bond acceptors (Lipinski definition) is 2. The smallest absolute Gasteiger partial charge is 0.338 e. The summed E-state index contributed by atoms with van der Waals surface area (Å²) < 4.78 is 15.2. The number of benzene rings is 1. The molecule has 0 amide bonds. The molecule has 4 saturated carbocycles. The van der Waals surface area contributed by atoms with Gasteiger partial charge in [-0.25, -0.2) is 9.18 Å². The maximum absolute atomic E-state index is 15.2. The van der Waals surface area contributed by atoms with Crippen LogP contribution in [0.2, 0.25) is 0 Å². The van der Waals surface area contributed by atoms with Crippen LogP contribution in [0.3, 0.4) is 0 Å². The zero-order chi connectivity index (χ0) is 29.9. The van der Waals surface area contributed by atoms with Crippen LogP contribution in [0.4, 0.5) is 4.39 Å². The predicted molar refractivity (Wildman–Crippen MR) is 165 cm³/mol. The molecule has 0 aromatic heterocycles. The van der Waals surface area contributed by atoms with Gasteiger partial charge in [0.1, 0.15) is 5.82 Å². The van der Waals surface area contributed by atoms with Gasteiger partial charge in [0.05, 0.1) is 5.56 Å². The molecule has 5 aliphatic rings. The maximum Gasteiger partial charge on any atom is 0.338 e. The number of allylic oxidation sites excluding steroid dienone is 3. The Balaban J connectivity index is 1.38. The van der Waals surface area contributed by atoms with E-state index in [1.807, 2.05) is 6.07 Å². The maximum atomic E-state index is 15.2. The molecule has 3 N–H and O–H groups in total. The van der Waals surface area contributed by atoms with Crippen LogP contribution in [0.25, 0.3) is 5.57 Å². The SMILES string of the molecule is C=C(C)[C@@H]1CC[C@]2(N)CC[C@]3(C)[C@H](CC[C@@H]4[C@@]5(C)CC=C(c6ccc(C(=O)O)c(F)c6C)C(C)(C)[C@@H]5CC[C@]43C)[C@@H]12. The molecule has 0 bridgehead atoms. The minimum absolute atomic E-state index is 0.0219. The number of hydrogen-bond donors (Lipinski definition) is 2. The van der Waals surface area contributed by atoms with Crippen LogP contribution >= 0.6 is 0 Å². The summed E-state index contributed by atoms with van der Waals surface area (Å²) in [6.45, 7) is 21.0. The van der Waals surface area contributed by atoms with Crippen molar-refractivity contribution in [1.29, 1.82) is 0 Å². The number of fused-ring (bicyclic) bond motifs is 7. The fourth-order valence-corrected chi connectivity index (χ4v) is 12.4. The van der Waals surface area contributed by atoms with E-state index in [-0.39, 0.29) is 32.8 Å². The van der Waals surface area contributed by atoms with E-state index in [0.717, 1.165) is 24.8 Å². The topological polar surface area (TPSA) is 63.3 Å². The highest BCUT2D eigenvalue weighted by Gasteiger charge is 2.70. The van der Waals surface area contributed by atoms with E-state index < -0.39 is 11.8 Å². The largest absolute Gasteiger partial charge is 0.478 e. The molecule has 41 heavy (non-hydrogen) atoms. The van der Waals surface area contributed by atoms with Crippen molar-refractivity contribution in [2.24, 2.45) is 57.0 Å². The standard InChI is InChI=1S/C37H52FNO2/c1-21(2)23-13-18-37(39)20-19-35(7)27(30(23)37)11-12-29-34(6)16-14-26(33(4,5)28(34)15-17-36(29,35)8)24-9-10-25(32(40)41)31(38)22(24)3/h9-10,14,23,27-30H,1,11-13,15-20,39H2,2-8H3,(H,40,41)/t23-,27+,28-,29+,30+,34-,35+,36+,37-/m0/s1. The molecule has 5 aliphatic carbocycles. The van der Waals surface area contributed by atoms with Crippen LogP contribution < -0.4 is 5.73 Å². The van der Waals surface area contributed by atoms with Gasteiger partial charge in [0.2, 0.25) is 0 Å². The summed E-state index contributed by atoms with van der Waals surface area (Å²) in [5.41, 5.74) is 11.4. The van der Waals surface area contributed by atoms with Crippen LogP contribution in [0, 0.1) is 64.0 Å². The summed E-state index contributed by atoms with van der Waals surface area (Å²) >= 11 is 0. The van der Waals surface area contributed by atoms with Gasteiger partial charge in [-0.05, 0) is 146 Å². The first-order valence-electron chi connectivity index (χ1n) is 16.2. The van der Waals surface area contributed by atoms with Crippen molar-refractivity contribution >= 4 is 11.5 Å². The van der Waals surface area contributed by atoms with Gasteiger partial charge in [-0.2, -0.15) is 0 Å². The molecule has 9 atom stereocenters. The van der Waals surface area contributed by atoms with Crippen LogP contribution in [0.1, 0.15) is 121 Å². The lowest BCUT2D eigenvalue weighted by atomic mass is 9.33. The quantitative estimate of drug-likeness (QED) is 0.362. The zero-order valence-electron chi connectivity index (χ0n) is 26.5. The third-order valence-corrected chi connectivity index (χ3v) is 14.6. The van der Waals surface area contributed by atoms with Crippen LogP contribution in [0.15, 0.2) is 30.4 Å². The molecule has 224 valence electrons. The number of aromatic carboxylic acids is 1. The molecule has 0 unspecified atom stereocenters. The van der Waals surface area contributed by atoms with Crippen LogP contribution in [-0.4, -0.2) is 16.6 Å². The molecule has 3 nitrogen and oxygen atoms in total. The van der Waals surface area contributed by atoms with E-state index in [4.69, 9.17) is 5.73 Å². The molecule has 6 rings (SSSR count). The first kappa shape index (κ1) is 29.1. The highest BCUT2D eigenvalue weighted by atomic mass is 19.1. The highest BCUT2D eigenvalue weighted by molar-refractivity contribution is 5.89. The van der Waals surface area contributed by atoms with Gasteiger partial charge in [-0.3, -0.25) is 0 Å². The minimum atomic E-state index is -1.21. The Morgan fingerprint density at radius 2 is 1.68 bits per heavy atom. The number of halogens is 1. The van der Waals surface area contributed by atoms with E-state index in [9.17, 15) is 9.90 Å². The average Bonchev–Trinajstić information content (AvgIpc) is 3.24. The summed E-state index contributed by atoms with van der Waals surface area (Å²) in [5.74, 6) is 1.09. The summed E-state index contributed by atoms with van der Waals surface area (Å²) in [6.07, 6.45) is 13.1. The van der Waals surface area contributed by atoms with Gasteiger partial charge in [-0.1, -0.05) is 58.9 Å². The first-order valence-corrected chi connectivity index (χ1v) is 16.2. The van der Waals surface area contributed by atoms with Crippen LogP contribution in [-0.2, 0) is 0 Å². The van der Waals surface area contributed by atoms with E-state index in [1.165, 1.54) is 55.7 Å². The van der Waals surface area contributed by atoms with Gasteiger partial charge in [0.15, 0.2) is 0 Å². The van der Waals surface area contributed by atoms with E-state index in [1.54, 1.807) is 6.92 Å². The second-order valence-corrected chi connectivity index (χ2v) is 16.4. The number of carboxylic acids is 1. The Kier molecular flexibility index (Phi) is 6.42. The molecule has 1 aromatic carbocycles. The molecule has 0 saturated heterocycles. The van der Waals surface area contributed by atoms with Crippen LogP contribution in [0.5, 0.6) is 0 Å². The summed E-state index contributed by atoms with van der Waals surface area (Å²) in [4.78, 5) is 11.6. The molecule has 0 spiro atoms. The summed E-state index contributed by atoms with van der Waals surface area (Å²) in [6, 6.07) is 3.30. The fourth-order valence-electron chi connectivity index (χ4n) is 12.4. The van der Waals surface area contributed by atoms with Crippen molar-refractivity contribution in [3.63, 3.8) is 0 Å². The van der Waals surface area contributed by atoms with Gasteiger partial charge in [0, 0.05) is 5.54 Å². The first-order chi connectivity index (χ1) is 19.0. The van der Waals surface area contributed by atoms with Gasteiger partial charge < -0.3 is 10.8 Å². The number of rotatable bonds is 3. The Morgan fingerprint density at radius 1 is 0.976 bits per heavy atom. The minimum Gasteiger partial charge on any atom is -0.478 e. The van der Waals surface area contributed by atoms with Crippen molar-refractivity contribution in [3.05, 3.63) is 52.9 Å². The molecule has 0 heterocycles. The lowest BCUT2D eigenvalue weighted by Crippen LogP contribution is -2.67. The van der Waals surface area contributed by atoms with E-state index in [2.05, 4.69) is 54.2 Å². The monoisotopic (exact) mass is 561 g/mol. The molecule has 4 heteroatoms. The number of carboxylic acid groups (broad SMARTS) is 1. The van der Waals surface area contributed by atoms with E-state index in [0.29, 0.717) is 35.2 Å². The second-order valence-electron chi connectivity index (χ2n) is 16.4. The van der Waals surface area contributed by atoms with Crippen molar-refractivity contribution in [2.75, 3.05) is 0 Å². The number of carbonyl (C=O) groups is 1. The Hall–Kier alpha value is -1.94. The lowest BCUT2D eigenvalue weighted by Gasteiger charge is -2.72. The Labute approximate surface area is 247 Å². The summed E-state index contributed by atoms with van der Waals surface area (Å²) in [7, 11) is 0. The predicted octanol–water partition coefficient (Wildman–Crippen LogP) is 9.19. The van der Waals surface area contributed by atoms with E-state index >= 15 is 4.39 Å². The van der Waals surface area contributed by atoms with Crippen molar-refractivity contribution in [3.8, 4) is 0 Å². The summed E-state index contributed by atoms with van der Waals surface area (Å²) in [5, 5.41) is 9.46. The Bertz CT molecular complexity index is 1340. The normalized spacial score (nSPS) is 44.6. The van der Waals surface area contributed by atoms with Gasteiger partial charge in [-0.15, -0.1) is 0 Å². The van der Waals surface area contributed by atoms with Gasteiger partial charge in [0.25, 0.3) is 0 Å². The Morgan fingerprint density at radius 3 is 2.34 bits per heavy atom. The second kappa shape index (κ2) is 9.04. The van der Waals surface area contributed by atoms with Crippen molar-refractivity contribution in [1.82, 2.24) is 0 Å². The fraction of sp³-hybridized carbons (Fsp3) is 0.703. The average molecular weight is 562 g/mol. The number of nitrogens with two attached hydrogens (primary N) is 1. The molecule has 1 aromatic rings. The molecular formula is C37H52FNO2. The molecule has 0 aliphatic heterocycles. The zero-order valence-corrected chi connectivity index (χ0v) is 26.5. The third kappa shape index (κ3) is 3.67. The molecular weight excluding hydrogens is 509 g/mol. The highest BCUT2D eigenvalue weighted by Crippen LogP contribution is 2.76. The molecule has 0 radical (unpaired) electrons.